The van der Waals surface area contributed by atoms with E-state index in [0.29, 0.717) is 17.8 Å². The van der Waals surface area contributed by atoms with Crippen LogP contribution in [0, 0.1) is 23.2 Å². The predicted octanol–water partition coefficient (Wildman–Crippen LogP) is 1.74. The van der Waals surface area contributed by atoms with Gasteiger partial charge in [0.1, 0.15) is 5.82 Å². The zero-order valence-electron chi connectivity index (χ0n) is 18.6. The summed E-state index contributed by atoms with van der Waals surface area (Å²) >= 11 is 0. The van der Waals surface area contributed by atoms with Gasteiger partial charge in [-0.05, 0) is 70.1 Å². The van der Waals surface area contributed by atoms with Crippen LogP contribution < -0.4 is 15.8 Å². The molecule has 1 aromatic heterocycles. The lowest BCUT2D eigenvalue weighted by atomic mass is 9.49. The molecule has 1 saturated heterocycles. The van der Waals surface area contributed by atoms with Gasteiger partial charge in [-0.2, -0.15) is 0 Å². The third-order valence-corrected chi connectivity index (χ3v) is 8.31. The normalized spacial score (nSPS) is 32.7. The minimum absolute atomic E-state index is 0.0308. The van der Waals surface area contributed by atoms with E-state index in [-0.39, 0.29) is 17.2 Å². The molecule has 8 heteroatoms. The quantitative estimate of drug-likeness (QED) is 0.713. The summed E-state index contributed by atoms with van der Waals surface area (Å²) in [4.78, 5) is 39.1. The summed E-state index contributed by atoms with van der Waals surface area (Å²) in [6.07, 6.45) is 12.0. The van der Waals surface area contributed by atoms with Gasteiger partial charge < -0.3 is 4.90 Å². The fraction of sp³-hybridized carbons (Fsp3) is 0.739. The molecular weight excluding hydrogens is 392 g/mol. The van der Waals surface area contributed by atoms with Crippen molar-refractivity contribution in [3.63, 3.8) is 0 Å². The van der Waals surface area contributed by atoms with E-state index in [9.17, 15) is 9.59 Å². The number of carbonyl (C=O) groups is 2. The number of hydrogen-bond donors (Lipinski definition) is 2. The van der Waals surface area contributed by atoms with Crippen molar-refractivity contribution in [2.24, 2.45) is 23.2 Å². The summed E-state index contributed by atoms with van der Waals surface area (Å²) in [5.74, 6) is 2.85. The maximum absolute atomic E-state index is 13.1. The average molecular weight is 427 g/mol. The fourth-order valence-corrected chi connectivity index (χ4v) is 6.88. The van der Waals surface area contributed by atoms with Crippen molar-refractivity contribution < 1.29 is 9.59 Å². The molecule has 1 aromatic rings. The summed E-state index contributed by atoms with van der Waals surface area (Å²) in [5, 5.41) is 0. The van der Waals surface area contributed by atoms with Gasteiger partial charge >= 0.3 is 0 Å². The highest BCUT2D eigenvalue weighted by Gasteiger charge is 2.54. The molecule has 4 saturated carbocycles. The van der Waals surface area contributed by atoms with Gasteiger partial charge in [-0.3, -0.25) is 30.3 Å². The van der Waals surface area contributed by atoms with Crippen LogP contribution >= 0.6 is 0 Å². The summed E-state index contributed by atoms with van der Waals surface area (Å²) < 4.78 is 0. The molecule has 31 heavy (non-hydrogen) atoms. The van der Waals surface area contributed by atoms with Gasteiger partial charge in [-0.25, -0.2) is 4.98 Å². The molecule has 0 spiro atoms. The van der Waals surface area contributed by atoms with Crippen LogP contribution in [0.4, 0.5) is 5.82 Å². The highest BCUT2D eigenvalue weighted by Crippen LogP contribution is 2.60. The highest BCUT2D eigenvalue weighted by atomic mass is 16.2. The molecule has 8 nitrogen and oxygen atoms in total. The fourth-order valence-electron chi connectivity index (χ4n) is 6.88. The number of rotatable bonds is 4. The molecule has 0 aromatic carbocycles. The van der Waals surface area contributed by atoms with Crippen molar-refractivity contribution in [1.82, 2.24) is 25.7 Å². The van der Waals surface area contributed by atoms with Crippen LogP contribution in [0.2, 0.25) is 0 Å². The standard InChI is InChI=1S/C23H34N6O2/c1-22(2,29-7-5-28(6-8-29)19-15-24-3-4-25-19)20(30)26-27-21(31)23-12-16-9-17(13-23)11-18(10-16)14-23/h3-4,15-18H,5-14H2,1-2H3,(H,26,30)(H,27,31). The van der Waals surface area contributed by atoms with Gasteiger partial charge in [0.25, 0.3) is 5.91 Å². The molecule has 0 atom stereocenters. The number of piperazine rings is 1. The molecule has 5 fully saturated rings. The average Bonchev–Trinajstić information content (AvgIpc) is 2.77. The molecule has 4 bridgehead atoms. The van der Waals surface area contributed by atoms with E-state index in [1.165, 1.54) is 19.3 Å². The van der Waals surface area contributed by atoms with Crippen LogP contribution in [-0.2, 0) is 9.59 Å². The number of nitrogens with zero attached hydrogens (tertiary/aromatic N) is 4. The van der Waals surface area contributed by atoms with Gasteiger partial charge in [0, 0.05) is 38.6 Å². The van der Waals surface area contributed by atoms with E-state index < -0.39 is 5.54 Å². The molecule has 2 N–H and O–H groups in total. The Bertz CT molecular complexity index is 798. The number of nitrogens with one attached hydrogen (secondary N) is 2. The molecule has 6 rings (SSSR count). The van der Waals surface area contributed by atoms with E-state index >= 15 is 0 Å². The molecule has 2 heterocycles. The number of aromatic nitrogens is 2. The van der Waals surface area contributed by atoms with Crippen molar-refractivity contribution in [1.29, 1.82) is 0 Å². The van der Waals surface area contributed by atoms with E-state index in [2.05, 4.69) is 30.6 Å². The maximum Gasteiger partial charge on any atom is 0.258 e. The Balaban J connectivity index is 1.15. The Morgan fingerprint density at radius 3 is 2.13 bits per heavy atom. The summed E-state index contributed by atoms with van der Waals surface area (Å²) in [7, 11) is 0. The number of anilines is 1. The lowest BCUT2D eigenvalue weighted by Crippen LogP contribution is -2.64. The minimum atomic E-state index is -0.705. The lowest BCUT2D eigenvalue weighted by molar-refractivity contribution is -0.150. The van der Waals surface area contributed by atoms with Gasteiger partial charge in [0.05, 0.1) is 17.2 Å². The smallest absolute Gasteiger partial charge is 0.258 e. The van der Waals surface area contributed by atoms with Crippen molar-refractivity contribution in [2.45, 2.75) is 57.9 Å². The first-order valence-electron chi connectivity index (χ1n) is 11.7. The predicted molar refractivity (Wildman–Crippen MR) is 117 cm³/mol. The zero-order chi connectivity index (χ0) is 21.6. The van der Waals surface area contributed by atoms with Gasteiger partial charge in [0.15, 0.2) is 0 Å². The van der Waals surface area contributed by atoms with Gasteiger partial charge in [0.2, 0.25) is 5.91 Å². The Morgan fingerprint density at radius 1 is 0.968 bits per heavy atom. The number of hydrogen-bond acceptors (Lipinski definition) is 6. The molecule has 168 valence electrons. The topological polar surface area (TPSA) is 90.5 Å². The molecule has 5 aliphatic rings. The summed E-state index contributed by atoms with van der Waals surface area (Å²) in [5.41, 5.74) is 4.64. The van der Waals surface area contributed by atoms with Crippen molar-refractivity contribution in [3.8, 4) is 0 Å². The van der Waals surface area contributed by atoms with Crippen LogP contribution in [-0.4, -0.2) is 58.4 Å². The second kappa shape index (κ2) is 7.73. The highest BCUT2D eigenvalue weighted by molar-refractivity contribution is 5.89. The molecule has 4 aliphatic carbocycles. The maximum atomic E-state index is 13.1. The van der Waals surface area contributed by atoms with Crippen LogP contribution in [0.15, 0.2) is 18.6 Å². The summed E-state index contributed by atoms with van der Waals surface area (Å²) in [6.45, 7) is 6.93. The Labute approximate surface area is 184 Å². The number of amides is 2. The van der Waals surface area contributed by atoms with E-state index in [4.69, 9.17) is 0 Å². The van der Waals surface area contributed by atoms with Gasteiger partial charge in [-0.15, -0.1) is 0 Å². The summed E-state index contributed by atoms with van der Waals surface area (Å²) in [6, 6.07) is 0. The SMILES string of the molecule is CC(C)(C(=O)NNC(=O)C12CC3CC(CC(C3)C1)C2)N1CCN(c2cnccn2)CC1. The van der Waals surface area contributed by atoms with Crippen molar-refractivity contribution in [2.75, 3.05) is 31.1 Å². The lowest BCUT2D eigenvalue weighted by Gasteiger charge is -2.55. The monoisotopic (exact) mass is 426 g/mol. The molecule has 0 unspecified atom stereocenters. The second-order valence-corrected chi connectivity index (χ2v) is 10.7. The first kappa shape index (κ1) is 20.7. The van der Waals surface area contributed by atoms with Gasteiger partial charge in [-0.1, -0.05) is 0 Å². The van der Waals surface area contributed by atoms with Crippen LogP contribution in [0.5, 0.6) is 0 Å². The third kappa shape index (κ3) is 3.79. The molecular formula is C23H34N6O2. The molecule has 2 amide bonds. The minimum Gasteiger partial charge on any atom is -0.353 e. The number of carbonyl (C=O) groups excluding carboxylic acids is 2. The first-order chi connectivity index (χ1) is 14.9. The molecule has 1 aliphatic heterocycles. The Morgan fingerprint density at radius 2 is 1.58 bits per heavy atom. The zero-order valence-corrected chi connectivity index (χ0v) is 18.6. The van der Waals surface area contributed by atoms with E-state index in [0.717, 1.165) is 51.3 Å². The largest absolute Gasteiger partial charge is 0.353 e. The van der Waals surface area contributed by atoms with E-state index in [1.807, 2.05) is 13.8 Å². The second-order valence-electron chi connectivity index (χ2n) is 10.7. The first-order valence-corrected chi connectivity index (χ1v) is 11.7. The molecule has 0 radical (unpaired) electrons. The van der Waals surface area contributed by atoms with Crippen LogP contribution in [0.25, 0.3) is 0 Å². The Kier molecular flexibility index (Phi) is 5.15. The number of hydrazine groups is 1. The third-order valence-electron chi connectivity index (χ3n) is 8.31. The van der Waals surface area contributed by atoms with Crippen molar-refractivity contribution >= 4 is 17.6 Å². The van der Waals surface area contributed by atoms with Crippen LogP contribution in [0.3, 0.4) is 0 Å². The Hall–Kier alpha value is -2.22. The van der Waals surface area contributed by atoms with Crippen molar-refractivity contribution in [3.05, 3.63) is 18.6 Å². The van der Waals surface area contributed by atoms with E-state index in [1.54, 1.807) is 18.6 Å². The van der Waals surface area contributed by atoms with Crippen LogP contribution in [0.1, 0.15) is 52.4 Å².